The topological polar surface area (TPSA) is 50.4 Å². The lowest BCUT2D eigenvalue weighted by Crippen LogP contribution is -2.18. The van der Waals surface area contributed by atoms with Gasteiger partial charge in [0.2, 0.25) is 11.7 Å². The Morgan fingerprint density at radius 2 is 1.61 bits per heavy atom. The fourth-order valence-electron chi connectivity index (χ4n) is 2.82. The van der Waals surface area contributed by atoms with Gasteiger partial charge in [0.1, 0.15) is 5.70 Å². The van der Waals surface area contributed by atoms with Crippen LogP contribution in [0.3, 0.4) is 0 Å². The van der Waals surface area contributed by atoms with Gasteiger partial charge in [-0.05, 0) is 49.2 Å². The van der Waals surface area contributed by atoms with Crippen molar-refractivity contribution in [3.8, 4) is 0 Å². The molecule has 0 spiro atoms. The van der Waals surface area contributed by atoms with Crippen molar-refractivity contribution in [3.63, 3.8) is 0 Å². The molecule has 0 saturated heterocycles. The highest BCUT2D eigenvalue weighted by Gasteiger charge is 2.39. The summed E-state index contributed by atoms with van der Waals surface area (Å²) >= 11 is 5.91. The maximum atomic E-state index is 12.7. The molecule has 0 aromatic heterocycles. The number of Topliss-reactive ketones (excluding diaryl/α,β-unsaturated/α-hetero) is 1. The van der Waals surface area contributed by atoms with Crippen molar-refractivity contribution in [1.82, 2.24) is 0 Å². The van der Waals surface area contributed by atoms with Gasteiger partial charge in [0.15, 0.2) is 6.10 Å². The van der Waals surface area contributed by atoms with Crippen molar-refractivity contribution in [3.05, 3.63) is 69.7 Å². The number of halogens is 1. The molecule has 5 heteroatoms. The van der Waals surface area contributed by atoms with Crippen LogP contribution >= 0.6 is 11.6 Å². The van der Waals surface area contributed by atoms with Crippen LogP contribution in [-0.4, -0.2) is 5.78 Å². The fourth-order valence-corrected chi connectivity index (χ4v) is 2.95. The second kappa shape index (κ2) is 5.03. The van der Waals surface area contributed by atoms with E-state index in [9.17, 15) is 4.79 Å². The number of benzene rings is 2. The minimum Gasteiger partial charge on any atom is -0.461 e. The highest BCUT2D eigenvalue weighted by atomic mass is 35.5. The first-order chi connectivity index (χ1) is 11.0. The molecule has 1 atom stereocenters. The van der Waals surface area contributed by atoms with Gasteiger partial charge in [0, 0.05) is 10.6 Å². The maximum absolute atomic E-state index is 12.7. The van der Waals surface area contributed by atoms with Gasteiger partial charge in [-0.15, -0.1) is 0 Å². The van der Waals surface area contributed by atoms with Crippen molar-refractivity contribution < 1.29 is 9.53 Å². The zero-order chi connectivity index (χ0) is 16.1. The number of carbonyl (C=O) groups is 1. The molecule has 2 N–H and O–H groups in total. The molecular weight excluding hydrogens is 312 g/mol. The first-order valence-corrected chi connectivity index (χ1v) is 7.76. The summed E-state index contributed by atoms with van der Waals surface area (Å²) in [7, 11) is 0. The van der Waals surface area contributed by atoms with E-state index in [1.807, 2.05) is 31.2 Å². The van der Waals surface area contributed by atoms with Gasteiger partial charge >= 0.3 is 0 Å². The number of anilines is 2. The van der Waals surface area contributed by atoms with Gasteiger partial charge in [0.05, 0.1) is 11.4 Å². The lowest BCUT2D eigenvalue weighted by Gasteiger charge is -2.21. The number of nitrogens with one attached hydrogen (secondary N) is 2. The highest BCUT2D eigenvalue weighted by molar-refractivity contribution is 6.30. The number of hydrogen-bond acceptors (Lipinski definition) is 4. The Morgan fingerprint density at radius 3 is 2.26 bits per heavy atom. The third kappa shape index (κ3) is 2.26. The maximum Gasteiger partial charge on any atom is 0.229 e. The van der Waals surface area contributed by atoms with Crippen molar-refractivity contribution in [2.45, 2.75) is 20.0 Å². The molecule has 0 amide bonds. The molecule has 4 nitrogen and oxygen atoms in total. The predicted octanol–water partition coefficient (Wildman–Crippen LogP) is 4.30. The second-order valence-electron chi connectivity index (χ2n) is 5.85. The molecule has 2 aromatic carbocycles. The lowest BCUT2D eigenvalue weighted by molar-refractivity contribution is -0.121. The summed E-state index contributed by atoms with van der Waals surface area (Å²) in [5, 5.41) is 7.05. The molecule has 116 valence electrons. The van der Waals surface area contributed by atoms with Crippen molar-refractivity contribution >= 4 is 28.8 Å². The fraction of sp³-hybridized carbons (Fsp3) is 0.167. The molecule has 23 heavy (non-hydrogen) atoms. The highest BCUT2D eigenvalue weighted by Crippen LogP contribution is 2.40. The molecule has 0 bridgehead atoms. The van der Waals surface area contributed by atoms with Gasteiger partial charge in [-0.3, -0.25) is 4.79 Å². The summed E-state index contributed by atoms with van der Waals surface area (Å²) in [4.78, 5) is 12.7. The van der Waals surface area contributed by atoms with Crippen LogP contribution in [0.4, 0.5) is 11.4 Å². The van der Waals surface area contributed by atoms with E-state index in [-0.39, 0.29) is 5.78 Å². The Labute approximate surface area is 139 Å². The largest absolute Gasteiger partial charge is 0.461 e. The van der Waals surface area contributed by atoms with E-state index in [4.69, 9.17) is 16.3 Å². The van der Waals surface area contributed by atoms with E-state index in [0.29, 0.717) is 16.6 Å². The van der Waals surface area contributed by atoms with E-state index in [1.54, 1.807) is 12.1 Å². The van der Waals surface area contributed by atoms with E-state index in [1.165, 1.54) is 11.1 Å². The van der Waals surface area contributed by atoms with Crippen molar-refractivity contribution in [2.24, 2.45) is 0 Å². The summed E-state index contributed by atoms with van der Waals surface area (Å²) in [6.45, 7) is 4.10. The Hall–Kier alpha value is -2.46. The second-order valence-corrected chi connectivity index (χ2v) is 6.29. The molecule has 0 saturated carbocycles. The van der Waals surface area contributed by atoms with Crippen LogP contribution in [0.25, 0.3) is 0 Å². The lowest BCUT2D eigenvalue weighted by atomic mass is 10.0. The number of rotatable bonds is 1. The number of ether oxygens (including phenoxy) is 1. The summed E-state index contributed by atoms with van der Waals surface area (Å²) in [5.41, 5.74) is 5.41. The normalized spacial score (nSPS) is 18.7. The van der Waals surface area contributed by atoms with E-state index in [0.717, 1.165) is 16.9 Å². The van der Waals surface area contributed by atoms with Gasteiger partial charge < -0.3 is 15.4 Å². The number of aryl methyl sites for hydroxylation is 2. The molecule has 2 aliphatic rings. The van der Waals surface area contributed by atoms with E-state index in [2.05, 4.69) is 17.6 Å². The zero-order valence-electron chi connectivity index (χ0n) is 12.7. The Balaban J connectivity index is 1.66. The van der Waals surface area contributed by atoms with Crippen LogP contribution in [0, 0.1) is 13.8 Å². The quantitative estimate of drug-likeness (QED) is 0.820. The van der Waals surface area contributed by atoms with Crippen LogP contribution in [0.1, 0.15) is 22.8 Å². The molecule has 0 aliphatic carbocycles. The molecule has 0 unspecified atom stereocenters. The number of carbonyl (C=O) groups excluding carboxylic acids is 1. The molecule has 2 aliphatic heterocycles. The summed E-state index contributed by atoms with van der Waals surface area (Å²) < 4.78 is 5.84. The molecule has 0 fully saturated rings. The van der Waals surface area contributed by atoms with Crippen molar-refractivity contribution in [2.75, 3.05) is 10.6 Å². The van der Waals surface area contributed by atoms with Crippen LogP contribution in [0.5, 0.6) is 0 Å². The SMILES string of the molecule is Cc1cc2c(cc1C)NC1=C(N2)O[C@@H](c2ccc(Cl)cc2)C1=O. The molecule has 2 aromatic rings. The summed E-state index contributed by atoms with van der Waals surface area (Å²) in [6, 6.07) is 11.2. The van der Waals surface area contributed by atoms with Gasteiger partial charge in [-0.2, -0.15) is 0 Å². The van der Waals surface area contributed by atoms with Crippen LogP contribution in [-0.2, 0) is 9.53 Å². The minimum atomic E-state index is -0.645. The van der Waals surface area contributed by atoms with Crippen molar-refractivity contribution in [1.29, 1.82) is 0 Å². The summed E-state index contributed by atoms with van der Waals surface area (Å²) in [6.07, 6.45) is -0.645. The smallest absolute Gasteiger partial charge is 0.229 e. The average Bonchev–Trinajstić information content (AvgIpc) is 2.84. The Bertz CT molecular complexity index is 856. The molecule has 2 heterocycles. The number of fused-ring (bicyclic) bond motifs is 1. The van der Waals surface area contributed by atoms with Gasteiger partial charge in [0.25, 0.3) is 0 Å². The first kappa shape index (κ1) is 14.2. The minimum absolute atomic E-state index is 0.0845. The third-order valence-corrected chi connectivity index (χ3v) is 4.51. The standard InChI is InChI=1S/C18H15ClN2O2/c1-9-7-13-14(8-10(9)2)21-18-15(20-13)16(22)17(23-18)11-3-5-12(19)6-4-11/h3-8,17,20-21H,1-2H3/t17-/m0/s1. The van der Waals surface area contributed by atoms with Crippen LogP contribution < -0.4 is 10.6 Å². The third-order valence-electron chi connectivity index (χ3n) is 4.26. The van der Waals surface area contributed by atoms with Gasteiger partial charge in [-0.25, -0.2) is 0 Å². The van der Waals surface area contributed by atoms with Gasteiger partial charge in [-0.1, -0.05) is 23.7 Å². The molecule has 0 radical (unpaired) electrons. The Morgan fingerprint density at radius 1 is 1.00 bits per heavy atom. The molecule has 4 rings (SSSR count). The van der Waals surface area contributed by atoms with Crippen LogP contribution in [0.15, 0.2) is 48.0 Å². The predicted molar refractivity (Wildman–Crippen MR) is 90.5 cm³/mol. The average molecular weight is 327 g/mol. The van der Waals surface area contributed by atoms with Crippen LogP contribution in [0.2, 0.25) is 5.02 Å². The first-order valence-electron chi connectivity index (χ1n) is 7.39. The number of hydrogen-bond donors (Lipinski definition) is 2. The Kier molecular flexibility index (Phi) is 3.10. The van der Waals surface area contributed by atoms with E-state index >= 15 is 0 Å². The molecular formula is C18H15ClN2O2. The monoisotopic (exact) mass is 326 g/mol. The summed E-state index contributed by atoms with van der Waals surface area (Å²) in [5.74, 6) is 0.393. The zero-order valence-corrected chi connectivity index (χ0v) is 13.5. The number of ketones is 1. The van der Waals surface area contributed by atoms with E-state index < -0.39 is 6.10 Å².